The van der Waals surface area contributed by atoms with Crippen molar-refractivity contribution in [1.29, 1.82) is 5.26 Å². The van der Waals surface area contributed by atoms with E-state index in [2.05, 4.69) is 27.9 Å². The number of hydrogen-bond acceptors (Lipinski definition) is 4. The van der Waals surface area contributed by atoms with E-state index >= 15 is 0 Å². The first kappa shape index (κ1) is 25.9. The Morgan fingerprint density at radius 3 is 2.56 bits per heavy atom. The summed E-state index contributed by atoms with van der Waals surface area (Å²) in [6, 6.07) is 18.3. The molecule has 0 heterocycles. The van der Waals surface area contributed by atoms with Crippen LogP contribution >= 0.6 is 45.8 Å². The predicted molar refractivity (Wildman–Crippen MR) is 145 cm³/mol. The van der Waals surface area contributed by atoms with E-state index in [1.54, 1.807) is 18.2 Å². The van der Waals surface area contributed by atoms with Gasteiger partial charge in [-0.25, -0.2) is 0 Å². The average molecular weight is 607 g/mol. The number of nitrogens with one attached hydrogen (secondary N) is 1. The lowest BCUT2D eigenvalue weighted by atomic mass is 10.1. The number of carbonyl (C=O) groups is 1. The third-order valence-electron chi connectivity index (χ3n) is 4.82. The topological polar surface area (TPSA) is 71.3 Å². The maximum absolute atomic E-state index is 12.7. The highest BCUT2D eigenvalue weighted by Gasteiger charge is 2.15. The van der Waals surface area contributed by atoms with Crippen molar-refractivity contribution in [2.75, 3.05) is 11.9 Å². The molecule has 0 unspecified atom stereocenters. The fourth-order valence-electron chi connectivity index (χ4n) is 3.08. The summed E-state index contributed by atoms with van der Waals surface area (Å²) in [5, 5.41) is 12.9. The third-order valence-corrected chi connectivity index (χ3v) is 6.36. The zero-order valence-corrected chi connectivity index (χ0v) is 22.2. The second kappa shape index (κ2) is 12.1. The van der Waals surface area contributed by atoms with Gasteiger partial charge in [0.1, 0.15) is 18.2 Å². The number of nitrogens with zero attached hydrogens (tertiary/aromatic N) is 1. The summed E-state index contributed by atoms with van der Waals surface area (Å²) < 4.78 is 12.7. The predicted octanol–water partition coefficient (Wildman–Crippen LogP) is 7.43. The van der Waals surface area contributed by atoms with Gasteiger partial charge in [-0.2, -0.15) is 5.26 Å². The van der Waals surface area contributed by atoms with Gasteiger partial charge in [-0.3, -0.25) is 4.79 Å². The third kappa shape index (κ3) is 6.66. The van der Waals surface area contributed by atoms with E-state index in [9.17, 15) is 10.1 Å². The largest absolute Gasteiger partial charge is 0.490 e. The molecule has 0 saturated carbocycles. The normalized spacial score (nSPS) is 11.0. The van der Waals surface area contributed by atoms with Crippen molar-refractivity contribution in [3.05, 3.63) is 90.5 Å². The average Bonchev–Trinajstić information content (AvgIpc) is 2.80. The maximum atomic E-state index is 12.7. The molecule has 0 saturated heterocycles. The summed E-state index contributed by atoms with van der Waals surface area (Å²) in [5.41, 5.74) is 3.22. The molecule has 0 fully saturated rings. The van der Waals surface area contributed by atoms with E-state index < -0.39 is 5.91 Å². The van der Waals surface area contributed by atoms with Gasteiger partial charge in [0.15, 0.2) is 11.5 Å². The standard InChI is InChI=1S/C26H21Cl2IN2O3/c1-3-33-24-12-17(11-23(29)25(24)34-15-18-7-5-4-6-16(18)2)10-19(14-30)26(32)31-20-8-9-21(27)22(28)13-20/h4-13H,3,15H2,1-2H3,(H,31,32)/b19-10+. The van der Waals surface area contributed by atoms with Crippen molar-refractivity contribution >= 4 is 63.5 Å². The van der Waals surface area contributed by atoms with Crippen molar-refractivity contribution in [1.82, 2.24) is 0 Å². The van der Waals surface area contributed by atoms with Gasteiger partial charge in [-0.1, -0.05) is 47.5 Å². The molecule has 1 N–H and O–H groups in total. The van der Waals surface area contributed by atoms with Crippen LogP contribution in [0, 0.1) is 21.8 Å². The summed E-state index contributed by atoms with van der Waals surface area (Å²) in [6.45, 7) is 4.75. The van der Waals surface area contributed by atoms with Crippen LogP contribution in [0.15, 0.2) is 60.2 Å². The smallest absolute Gasteiger partial charge is 0.266 e. The van der Waals surface area contributed by atoms with E-state index in [1.807, 2.05) is 50.2 Å². The van der Waals surface area contributed by atoms with Crippen molar-refractivity contribution < 1.29 is 14.3 Å². The molecule has 0 aliphatic heterocycles. The fourth-order valence-corrected chi connectivity index (χ4v) is 4.16. The number of nitriles is 1. The Labute approximate surface area is 222 Å². The van der Waals surface area contributed by atoms with Crippen LogP contribution in [0.4, 0.5) is 5.69 Å². The Balaban J connectivity index is 1.86. The van der Waals surface area contributed by atoms with Crippen molar-refractivity contribution in [2.45, 2.75) is 20.5 Å². The minimum Gasteiger partial charge on any atom is -0.490 e. The molecular formula is C26H21Cl2IN2O3. The Kier molecular flexibility index (Phi) is 9.22. The number of ether oxygens (including phenoxy) is 2. The van der Waals surface area contributed by atoms with Gasteiger partial charge < -0.3 is 14.8 Å². The highest BCUT2D eigenvalue weighted by atomic mass is 127. The number of carbonyl (C=O) groups excluding carboxylic acids is 1. The SMILES string of the molecule is CCOc1cc(/C=C(\C#N)C(=O)Nc2ccc(Cl)c(Cl)c2)cc(I)c1OCc1ccccc1C. The molecule has 1 amide bonds. The molecule has 3 rings (SSSR count). The summed E-state index contributed by atoms with van der Waals surface area (Å²) in [7, 11) is 0. The van der Waals surface area contributed by atoms with Gasteiger partial charge >= 0.3 is 0 Å². The minimum absolute atomic E-state index is 0.0714. The second-order valence-corrected chi connectivity index (χ2v) is 9.21. The van der Waals surface area contributed by atoms with E-state index in [4.69, 9.17) is 32.7 Å². The van der Waals surface area contributed by atoms with Crippen molar-refractivity contribution in [3.8, 4) is 17.6 Å². The van der Waals surface area contributed by atoms with Crippen molar-refractivity contribution in [3.63, 3.8) is 0 Å². The zero-order valence-electron chi connectivity index (χ0n) is 18.5. The lowest BCUT2D eigenvalue weighted by Gasteiger charge is -2.16. The highest BCUT2D eigenvalue weighted by molar-refractivity contribution is 14.1. The summed E-state index contributed by atoms with van der Waals surface area (Å²) in [4.78, 5) is 12.7. The van der Waals surface area contributed by atoms with E-state index in [0.717, 1.165) is 14.7 Å². The van der Waals surface area contributed by atoms with Crippen LogP contribution in [0.2, 0.25) is 10.0 Å². The molecule has 34 heavy (non-hydrogen) atoms. The lowest BCUT2D eigenvalue weighted by Crippen LogP contribution is -2.13. The molecule has 0 aliphatic rings. The van der Waals surface area contributed by atoms with Crippen LogP contribution in [0.5, 0.6) is 11.5 Å². The Morgan fingerprint density at radius 1 is 1.12 bits per heavy atom. The number of halogens is 3. The molecule has 0 bridgehead atoms. The zero-order chi connectivity index (χ0) is 24.7. The first-order valence-electron chi connectivity index (χ1n) is 10.3. The molecule has 8 heteroatoms. The number of benzene rings is 3. The van der Waals surface area contributed by atoms with E-state index in [1.165, 1.54) is 12.1 Å². The van der Waals surface area contributed by atoms with Gasteiger partial charge in [0, 0.05) is 5.69 Å². The number of rotatable bonds is 8. The van der Waals surface area contributed by atoms with E-state index in [-0.39, 0.29) is 5.57 Å². The molecular weight excluding hydrogens is 586 g/mol. The molecule has 174 valence electrons. The lowest BCUT2D eigenvalue weighted by molar-refractivity contribution is -0.112. The molecule has 0 atom stereocenters. The number of anilines is 1. The fraction of sp³-hybridized carbons (Fsp3) is 0.154. The highest BCUT2D eigenvalue weighted by Crippen LogP contribution is 2.36. The van der Waals surface area contributed by atoms with Crippen LogP contribution in [0.25, 0.3) is 6.08 Å². The number of aryl methyl sites for hydroxylation is 1. The monoisotopic (exact) mass is 606 g/mol. The minimum atomic E-state index is -0.561. The second-order valence-electron chi connectivity index (χ2n) is 7.23. The summed E-state index contributed by atoms with van der Waals surface area (Å²) in [6.07, 6.45) is 1.50. The molecule has 3 aromatic rings. The molecule has 5 nitrogen and oxygen atoms in total. The van der Waals surface area contributed by atoms with Gasteiger partial charge in [0.25, 0.3) is 5.91 Å². The van der Waals surface area contributed by atoms with Crippen LogP contribution in [0.1, 0.15) is 23.6 Å². The Bertz CT molecular complexity index is 1290. The maximum Gasteiger partial charge on any atom is 0.266 e. The summed E-state index contributed by atoms with van der Waals surface area (Å²) >= 11 is 14.1. The van der Waals surface area contributed by atoms with Gasteiger partial charge in [-0.15, -0.1) is 0 Å². The van der Waals surface area contributed by atoms with Gasteiger partial charge in [0.05, 0.1) is 20.2 Å². The van der Waals surface area contributed by atoms with Crippen LogP contribution in [0.3, 0.4) is 0 Å². The van der Waals surface area contributed by atoms with Gasteiger partial charge in [0.2, 0.25) is 0 Å². The molecule has 0 radical (unpaired) electrons. The van der Waals surface area contributed by atoms with E-state index in [0.29, 0.717) is 46.0 Å². The Hall–Kier alpha value is -2.73. The number of hydrogen-bond donors (Lipinski definition) is 1. The quantitative estimate of drug-likeness (QED) is 0.164. The molecule has 0 aromatic heterocycles. The van der Waals surface area contributed by atoms with Crippen LogP contribution in [-0.4, -0.2) is 12.5 Å². The van der Waals surface area contributed by atoms with Gasteiger partial charge in [-0.05, 0) is 89.5 Å². The van der Waals surface area contributed by atoms with Crippen LogP contribution < -0.4 is 14.8 Å². The summed E-state index contributed by atoms with van der Waals surface area (Å²) in [5.74, 6) is 0.590. The number of amides is 1. The Morgan fingerprint density at radius 2 is 1.88 bits per heavy atom. The molecule has 0 aliphatic carbocycles. The van der Waals surface area contributed by atoms with Crippen molar-refractivity contribution in [2.24, 2.45) is 0 Å². The molecule has 0 spiro atoms. The molecule has 3 aromatic carbocycles. The first-order chi connectivity index (χ1) is 16.3. The van der Waals surface area contributed by atoms with Crippen LogP contribution in [-0.2, 0) is 11.4 Å². The first-order valence-corrected chi connectivity index (χ1v) is 12.2.